The maximum Gasteiger partial charge on any atom is 0.417 e. The molecule has 4 rings (SSSR count). The summed E-state index contributed by atoms with van der Waals surface area (Å²) in [4.78, 5) is 13.8. The van der Waals surface area contributed by atoms with Gasteiger partial charge in [-0.05, 0) is 24.6 Å². The lowest BCUT2D eigenvalue weighted by Gasteiger charge is -2.31. The summed E-state index contributed by atoms with van der Waals surface area (Å²) in [5.41, 5.74) is -0.152. The van der Waals surface area contributed by atoms with Gasteiger partial charge < -0.3 is 9.80 Å². The van der Waals surface area contributed by atoms with Gasteiger partial charge in [0.05, 0.1) is 20.8 Å². The highest BCUT2D eigenvalue weighted by Gasteiger charge is 2.35. The normalized spacial score (nSPS) is 16.7. The number of anilines is 1. The lowest BCUT2D eigenvalue weighted by Crippen LogP contribution is -2.44. The molecule has 1 aliphatic rings. The fourth-order valence-corrected chi connectivity index (χ4v) is 4.57. The molecule has 0 aromatic carbocycles. The smallest absolute Gasteiger partial charge is 0.345 e. The summed E-state index contributed by atoms with van der Waals surface area (Å²) in [6, 6.07) is 4.71. The number of pyridine rings is 1. The van der Waals surface area contributed by atoms with E-state index in [9.17, 15) is 13.2 Å². The molecule has 0 amide bonds. The second kappa shape index (κ2) is 6.22. The molecule has 25 heavy (non-hydrogen) atoms. The van der Waals surface area contributed by atoms with Crippen molar-refractivity contribution in [1.82, 2.24) is 14.9 Å². The van der Waals surface area contributed by atoms with Gasteiger partial charge >= 0.3 is 6.18 Å². The number of thiophene rings is 1. The van der Waals surface area contributed by atoms with E-state index >= 15 is 0 Å². The molecule has 0 bridgehead atoms. The highest BCUT2D eigenvalue weighted by molar-refractivity contribution is 7.22. The van der Waals surface area contributed by atoms with E-state index in [0.29, 0.717) is 15.7 Å². The molecule has 0 aliphatic carbocycles. The molecule has 0 unspecified atom stereocenters. The second-order valence-electron chi connectivity index (χ2n) is 5.97. The van der Waals surface area contributed by atoms with Gasteiger partial charge in [0.2, 0.25) is 0 Å². The number of nitrogens with zero attached hydrogens (tertiary/aromatic N) is 4. The molecular formula is C16H15F3N4S2. The predicted octanol–water partition coefficient (Wildman–Crippen LogP) is 4.19. The molecule has 0 atom stereocenters. The maximum absolute atomic E-state index is 13.6. The van der Waals surface area contributed by atoms with Crippen LogP contribution < -0.4 is 4.90 Å². The Morgan fingerprint density at radius 3 is 2.52 bits per heavy atom. The van der Waals surface area contributed by atoms with Crippen molar-refractivity contribution in [1.29, 1.82) is 0 Å². The number of piperazine rings is 1. The zero-order valence-corrected chi connectivity index (χ0v) is 15.0. The lowest BCUT2D eigenvalue weighted by molar-refractivity contribution is -0.136. The van der Waals surface area contributed by atoms with Crippen molar-refractivity contribution >= 4 is 38.2 Å². The van der Waals surface area contributed by atoms with Crippen molar-refractivity contribution in [3.8, 4) is 10.6 Å². The van der Waals surface area contributed by atoms with Gasteiger partial charge in [-0.15, -0.1) is 11.3 Å². The van der Waals surface area contributed by atoms with Gasteiger partial charge in [-0.2, -0.15) is 18.2 Å². The molecule has 0 saturated carbocycles. The van der Waals surface area contributed by atoms with Gasteiger partial charge in [0, 0.05) is 26.2 Å². The quantitative estimate of drug-likeness (QED) is 0.663. The number of thiazole rings is 1. The van der Waals surface area contributed by atoms with Crippen molar-refractivity contribution in [3.05, 3.63) is 29.1 Å². The maximum atomic E-state index is 13.6. The Balaban J connectivity index is 1.82. The Morgan fingerprint density at radius 1 is 1.12 bits per heavy atom. The number of hydrogen-bond donors (Lipinski definition) is 0. The Morgan fingerprint density at radius 2 is 1.88 bits per heavy atom. The van der Waals surface area contributed by atoms with Crippen LogP contribution in [-0.2, 0) is 6.18 Å². The minimum absolute atomic E-state index is 0.113. The molecule has 1 aliphatic heterocycles. The van der Waals surface area contributed by atoms with E-state index in [1.807, 2.05) is 17.3 Å². The number of rotatable bonds is 2. The summed E-state index contributed by atoms with van der Waals surface area (Å²) in [5.74, 6) is 0. The number of fused-ring (bicyclic) bond motifs is 1. The van der Waals surface area contributed by atoms with Gasteiger partial charge in [0.25, 0.3) is 0 Å². The van der Waals surface area contributed by atoms with Crippen LogP contribution in [0.15, 0.2) is 23.6 Å². The van der Waals surface area contributed by atoms with Crippen LogP contribution in [0.2, 0.25) is 0 Å². The fourth-order valence-electron chi connectivity index (χ4n) is 2.80. The van der Waals surface area contributed by atoms with Gasteiger partial charge in [0.1, 0.15) is 0 Å². The summed E-state index contributed by atoms with van der Waals surface area (Å²) >= 11 is 2.45. The van der Waals surface area contributed by atoms with Crippen LogP contribution in [0.5, 0.6) is 0 Å². The van der Waals surface area contributed by atoms with E-state index in [4.69, 9.17) is 0 Å². The zero-order valence-electron chi connectivity index (χ0n) is 13.4. The second-order valence-corrected chi connectivity index (χ2v) is 7.89. The molecule has 0 spiro atoms. The van der Waals surface area contributed by atoms with Crippen molar-refractivity contribution in [2.45, 2.75) is 6.18 Å². The van der Waals surface area contributed by atoms with E-state index < -0.39 is 11.7 Å². The van der Waals surface area contributed by atoms with E-state index in [0.717, 1.165) is 43.6 Å². The summed E-state index contributed by atoms with van der Waals surface area (Å²) in [6.07, 6.45) is -4.43. The molecule has 1 saturated heterocycles. The number of halogens is 3. The molecule has 0 radical (unpaired) electrons. The first-order valence-corrected chi connectivity index (χ1v) is 9.47. The Bertz CT molecular complexity index is 881. The van der Waals surface area contributed by atoms with Crippen LogP contribution in [0, 0.1) is 0 Å². The van der Waals surface area contributed by atoms with Crippen molar-refractivity contribution < 1.29 is 13.2 Å². The predicted molar refractivity (Wildman–Crippen MR) is 95.4 cm³/mol. The van der Waals surface area contributed by atoms with Crippen LogP contribution in [0.4, 0.5) is 18.3 Å². The first-order valence-electron chi connectivity index (χ1n) is 7.78. The average molecular weight is 384 g/mol. The van der Waals surface area contributed by atoms with Gasteiger partial charge in [0.15, 0.2) is 10.8 Å². The van der Waals surface area contributed by atoms with Crippen LogP contribution in [-0.4, -0.2) is 48.1 Å². The van der Waals surface area contributed by atoms with Gasteiger partial charge in [-0.25, -0.2) is 4.98 Å². The molecule has 0 N–H and O–H groups in total. The van der Waals surface area contributed by atoms with E-state index in [1.165, 1.54) is 11.3 Å². The van der Waals surface area contributed by atoms with Crippen LogP contribution in [0.25, 0.3) is 20.9 Å². The third-order valence-electron chi connectivity index (χ3n) is 4.20. The fraction of sp³-hybridized carbons (Fsp3) is 0.375. The summed E-state index contributed by atoms with van der Waals surface area (Å²) in [7, 11) is 2.03. The molecule has 1 fully saturated rings. The highest BCUT2D eigenvalue weighted by atomic mass is 32.1. The van der Waals surface area contributed by atoms with Gasteiger partial charge in [-0.1, -0.05) is 17.4 Å². The van der Waals surface area contributed by atoms with Crippen molar-refractivity contribution in [3.63, 3.8) is 0 Å². The van der Waals surface area contributed by atoms with Gasteiger partial charge in [-0.3, -0.25) is 0 Å². The highest BCUT2D eigenvalue weighted by Crippen LogP contribution is 2.41. The van der Waals surface area contributed by atoms with Crippen molar-refractivity contribution in [2.24, 2.45) is 0 Å². The first-order chi connectivity index (χ1) is 11.9. The topological polar surface area (TPSA) is 32.3 Å². The van der Waals surface area contributed by atoms with Crippen molar-refractivity contribution in [2.75, 3.05) is 38.1 Å². The number of hydrogen-bond acceptors (Lipinski definition) is 6. The number of likely N-dealkylation sites (N-methyl/N-ethyl adjacent to an activating group) is 1. The lowest BCUT2D eigenvalue weighted by atomic mass is 10.2. The zero-order chi connectivity index (χ0) is 17.6. The van der Waals surface area contributed by atoms with E-state index in [-0.39, 0.29) is 10.3 Å². The Kier molecular flexibility index (Phi) is 4.17. The minimum Gasteiger partial charge on any atom is -0.345 e. The number of aromatic nitrogens is 2. The summed E-state index contributed by atoms with van der Waals surface area (Å²) in [6.45, 7) is 3.26. The monoisotopic (exact) mass is 384 g/mol. The third kappa shape index (κ3) is 3.23. The molecule has 4 heterocycles. The largest absolute Gasteiger partial charge is 0.417 e. The summed E-state index contributed by atoms with van der Waals surface area (Å²) < 4.78 is 40.8. The van der Waals surface area contributed by atoms with Crippen LogP contribution >= 0.6 is 22.7 Å². The van der Waals surface area contributed by atoms with Crippen LogP contribution in [0.3, 0.4) is 0 Å². The van der Waals surface area contributed by atoms with E-state index in [2.05, 4.69) is 14.9 Å². The molecular weight excluding hydrogens is 369 g/mol. The third-order valence-corrected chi connectivity index (χ3v) is 6.23. The first kappa shape index (κ1) is 16.7. The molecule has 4 nitrogen and oxygen atoms in total. The molecule has 3 aromatic rings. The average Bonchev–Trinajstić information content (AvgIpc) is 3.23. The standard InChI is InChI=1S/C16H15F3N4S2/c1-22-4-6-23(7-5-22)15-21-14-13(25-15)10(16(17,18)19)9-11(20-14)12-3-2-8-24-12/h2-3,8-9H,4-7H2,1H3. The van der Waals surface area contributed by atoms with E-state index in [1.54, 1.807) is 12.1 Å². The summed E-state index contributed by atoms with van der Waals surface area (Å²) in [5, 5.41) is 2.44. The molecule has 3 aromatic heterocycles. The molecule has 132 valence electrons. The Hall–Kier alpha value is -1.71. The number of alkyl halides is 3. The SMILES string of the molecule is CN1CCN(c2nc3nc(-c4cccs4)cc(C(F)(F)F)c3s2)CC1. The Labute approximate surface area is 150 Å². The minimum atomic E-state index is -4.43. The molecule has 9 heteroatoms. The van der Waals surface area contributed by atoms with Crippen LogP contribution in [0.1, 0.15) is 5.56 Å².